The van der Waals surface area contributed by atoms with Gasteiger partial charge in [-0.3, -0.25) is 0 Å². The predicted octanol–water partition coefficient (Wildman–Crippen LogP) is -1.06. The zero-order chi connectivity index (χ0) is 11.6. The summed E-state index contributed by atoms with van der Waals surface area (Å²) < 4.78 is 21.2. The van der Waals surface area contributed by atoms with Crippen molar-refractivity contribution in [3.05, 3.63) is 23.5 Å². The Kier molecular flexibility index (Phi) is 1.48. The Bertz CT molecular complexity index is 414. The van der Waals surface area contributed by atoms with Gasteiger partial charge >= 0.3 is 7.12 Å². The number of pyridine rings is 1. The second-order valence-electron chi connectivity index (χ2n) is 2.16. The van der Waals surface area contributed by atoms with Crippen molar-refractivity contribution in [2.24, 2.45) is 0 Å². The van der Waals surface area contributed by atoms with Crippen LogP contribution in [0, 0.1) is 18.2 Å². The summed E-state index contributed by atoms with van der Waals surface area (Å²) in [6, 6.07) is 3.82. The number of nitriles is 1. The third-order valence-corrected chi connectivity index (χ3v) is 1.26. The largest absolute Gasteiger partial charge is 0.488 e. The molecule has 1 heterocycles. The standard InChI is InChI=1S/C7H7BN2O2/c1-5-2-6(8(11)12)3-7(4-9)10-5/h2-3,11-12H,1H3/i1D3. The number of rotatable bonds is 1. The van der Waals surface area contributed by atoms with Crippen molar-refractivity contribution in [2.45, 2.75) is 6.85 Å². The summed E-state index contributed by atoms with van der Waals surface area (Å²) in [6.07, 6.45) is 0. The maximum absolute atomic E-state index is 8.87. The van der Waals surface area contributed by atoms with E-state index in [0.29, 0.717) is 0 Å². The van der Waals surface area contributed by atoms with Crippen LogP contribution in [0.1, 0.15) is 15.5 Å². The molecule has 0 aliphatic rings. The SMILES string of the molecule is [2H]C([2H])([2H])c1cc(B(O)O)cc(C#N)n1. The van der Waals surface area contributed by atoms with E-state index in [0.717, 1.165) is 12.1 Å². The summed E-state index contributed by atoms with van der Waals surface area (Å²) in [5.41, 5.74) is -0.552. The Morgan fingerprint density at radius 1 is 1.67 bits per heavy atom. The highest BCUT2D eigenvalue weighted by Crippen LogP contribution is 1.94. The zero-order valence-electron chi connectivity index (χ0n) is 9.02. The van der Waals surface area contributed by atoms with E-state index in [2.05, 4.69) is 4.98 Å². The van der Waals surface area contributed by atoms with Gasteiger partial charge in [0.1, 0.15) is 11.8 Å². The Labute approximate surface area is 74.5 Å². The highest BCUT2D eigenvalue weighted by molar-refractivity contribution is 6.58. The second kappa shape index (κ2) is 3.35. The number of hydrogen-bond acceptors (Lipinski definition) is 4. The molecule has 1 aromatic heterocycles. The van der Waals surface area contributed by atoms with Crippen LogP contribution in [0.15, 0.2) is 12.1 Å². The van der Waals surface area contributed by atoms with Gasteiger partial charge in [0.05, 0.1) is 0 Å². The van der Waals surface area contributed by atoms with Gasteiger partial charge < -0.3 is 10.0 Å². The van der Waals surface area contributed by atoms with Crippen molar-refractivity contribution in [3.8, 4) is 6.07 Å². The Hall–Kier alpha value is -1.38. The fourth-order valence-electron chi connectivity index (χ4n) is 0.758. The Balaban J connectivity index is 3.32. The molecule has 0 spiro atoms. The van der Waals surface area contributed by atoms with Crippen molar-refractivity contribution < 1.29 is 14.2 Å². The average molecular weight is 165 g/mol. The van der Waals surface area contributed by atoms with Gasteiger partial charge in [0.2, 0.25) is 0 Å². The topological polar surface area (TPSA) is 77.1 Å². The molecule has 0 amide bonds. The third-order valence-electron chi connectivity index (χ3n) is 1.26. The summed E-state index contributed by atoms with van der Waals surface area (Å²) in [7, 11) is -1.82. The smallest absolute Gasteiger partial charge is 0.423 e. The van der Waals surface area contributed by atoms with Crippen LogP contribution in [0.4, 0.5) is 0 Å². The van der Waals surface area contributed by atoms with Crippen molar-refractivity contribution in [3.63, 3.8) is 0 Å². The van der Waals surface area contributed by atoms with Crippen LogP contribution in [0.3, 0.4) is 0 Å². The number of aryl methyl sites for hydroxylation is 1. The molecule has 60 valence electrons. The normalized spacial score (nSPS) is 13.9. The predicted molar refractivity (Wildman–Crippen MR) is 43.5 cm³/mol. The van der Waals surface area contributed by atoms with E-state index in [4.69, 9.17) is 19.4 Å². The second-order valence-corrected chi connectivity index (χ2v) is 2.16. The van der Waals surface area contributed by atoms with Crippen LogP contribution < -0.4 is 5.46 Å². The minimum atomic E-state index is -2.48. The molecule has 0 fully saturated rings. The lowest BCUT2D eigenvalue weighted by Crippen LogP contribution is -2.30. The molecule has 0 aliphatic carbocycles. The number of hydrogen-bond donors (Lipinski definition) is 2. The average Bonchev–Trinajstić information content (AvgIpc) is 2.15. The summed E-state index contributed by atoms with van der Waals surface area (Å²) in [5, 5.41) is 26.3. The van der Waals surface area contributed by atoms with E-state index in [9.17, 15) is 0 Å². The molecule has 0 saturated carbocycles. The molecule has 12 heavy (non-hydrogen) atoms. The first-order valence-corrected chi connectivity index (χ1v) is 3.13. The maximum Gasteiger partial charge on any atom is 0.488 e. The number of nitrogens with zero attached hydrogens (tertiary/aromatic N) is 2. The molecule has 0 atom stereocenters. The maximum atomic E-state index is 8.87. The molecular weight excluding hydrogens is 155 g/mol. The first kappa shape index (κ1) is 5.30. The lowest BCUT2D eigenvalue weighted by Gasteiger charge is -2.00. The molecule has 5 heteroatoms. The van der Waals surface area contributed by atoms with Crippen molar-refractivity contribution in [1.29, 1.82) is 5.26 Å². The van der Waals surface area contributed by atoms with Crippen LogP contribution in [0.2, 0.25) is 0 Å². The van der Waals surface area contributed by atoms with E-state index in [1.807, 2.05) is 0 Å². The van der Waals surface area contributed by atoms with Crippen molar-refractivity contribution in [1.82, 2.24) is 4.98 Å². The molecule has 0 aliphatic heterocycles. The van der Waals surface area contributed by atoms with Crippen LogP contribution >= 0.6 is 0 Å². The molecular formula is C7H7BN2O2. The molecule has 0 unspecified atom stereocenters. The van der Waals surface area contributed by atoms with Crippen molar-refractivity contribution in [2.75, 3.05) is 0 Å². The summed E-state index contributed by atoms with van der Waals surface area (Å²) in [4.78, 5) is 3.56. The van der Waals surface area contributed by atoms with Gasteiger partial charge in [0.15, 0.2) is 0 Å². The molecule has 0 saturated heterocycles. The van der Waals surface area contributed by atoms with E-state index >= 15 is 0 Å². The minimum absolute atomic E-state index is 0.0623. The third kappa shape index (κ3) is 1.81. The van der Waals surface area contributed by atoms with Gasteiger partial charge in [-0.1, -0.05) is 0 Å². The van der Waals surface area contributed by atoms with Gasteiger partial charge in [0.25, 0.3) is 0 Å². The molecule has 1 aromatic rings. The summed E-state index contributed by atoms with van der Waals surface area (Å²) in [5.74, 6) is 0. The quantitative estimate of drug-likeness (QED) is 0.520. The van der Waals surface area contributed by atoms with Crippen LogP contribution in [0.5, 0.6) is 0 Å². The van der Waals surface area contributed by atoms with E-state index < -0.39 is 14.0 Å². The Morgan fingerprint density at radius 3 is 2.92 bits per heavy atom. The van der Waals surface area contributed by atoms with E-state index in [-0.39, 0.29) is 16.9 Å². The van der Waals surface area contributed by atoms with Gasteiger partial charge in [0, 0.05) is 9.81 Å². The van der Waals surface area contributed by atoms with Crippen molar-refractivity contribution >= 4 is 12.6 Å². The highest BCUT2D eigenvalue weighted by atomic mass is 16.4. The molecule has 4 nitrogen and oxygen atoms in total. The fourth-order valence-corrected chi connectivity index (χ4v) is 0.758. The molecule has 2 N–H and O–H groups in total. The lowest BCUT2D eigenvalue weighted by molar-refractivity contribution is 0.425. The zero-order valence-corrected chi connectivity index (χ0v) is 6.02. The monoisotopic (exact) mass is 165 g/mol. The highest BCUT2D eigenvalue weighted by Gasteiger charge is 2.12. The van der Waals surface area contributed by atoms with Gasteiger partial charge in [-0.05, 0) is 24.4 Å². The molecule has 0 bridgehead atoms. The van der Waals surface area contributed by atoms with Gasteiger partial charge in [-0.2, -0.15) is 5.26 Å². The van der Waals surface area contributed by atoms with Gasteiger partial charge in [-0.15, -0.1) is 0 Å². The molecule has 0 aromatic carbocycles. The fraction of sp³-hybridized carbons (Fsp3) is 0.143. The molecule has 1 rings (SSSR count). The first-order valence-electron chi connectivity index (χ1n) is 4.63. The number of aromatic nitrogens is 1. The lowest BCUT2D eigenvalue weighted by atomic mass is 9.80. The first-order chi connectivity index (χ1) is 6.84. The summed E-state index contributed by atoms with van der Waals surface area (Å²) >= 11 is 0. The summed E-state index contributed by atoms with van der Waals surface area (Å²) in [6.45, 7) is -2.48. The van der Waals surface area contributed by atoms with Gasteiger partial charge in [-0.25, -0.2) is 4.98 Å². The van der Waals surface area contributed by atoms with E-state index in [1.54, 1.807) is 6.07 Å². The minimum Gasteiger partial charge on any atom is -0.423 e. The van der Waals surface area contributed by atoms with Crippen LogP contribution in [-0.2, 0) is 0 Å². The Morgan fingerprint density at radius 2 is 2.42 bits per heavy atom. The van der Waals surface area contributed by atoms with Crippen LogP contribution in [-0.4, -0.2) is 22.2 Å². The van der Waals surface area contributed by atoms with E-state index in [1.165, 1.54) is 0 Å². The van der Waals surface area contributed by atoms with Crippen LogP contribution in [0.25, 0.3) is 0 Å². The molecule has 0 radical (unpaired) electrons.